The Morgan fingerprint density at radius 1 is 1.36 bits per heavy atom. The molecule has 1 rings (SSSR count). The summed E-state index contributed by atoms with van der Waals surface area (Å²) in [5.41, 5.74) is 0. The molecule has 0 aromatic heterocycles. The van der Waals surface area contributed by atoms with Crippen LogP contribution in [0.4, 0.5) is 0 Å². The monoisotopic (exact) mass is 207 g/mol. The minimum Gasteiger partial charge on any atom is -0.480 e. The van der Waals surface area contributed by atoms with Gasteiger partial charge >= 0.3 is 5.97 Å². The van der Waals surface area contributed by atoms with Gasteiger partial charge in [-0.05, 0) is 0 Å². The SMILES string of the molecule is O=C(O)CN[C@@H]1O[C@H](CO)[C@@H](O)[C@H]1O. The Labute approximate surface area is 79.9 Å². The zero-order valence-electron chi connectivity index (χ0n) is 7.33. The van der Waals surface area contributed by atoms with Crippen LogP contribution in [0, 0.1) is 0 Å². The molecule has 0 radical (unpaired) electrons. The van der Waals surface area contributed by atoms with Gasteiger partial charge in [0.1, 0.15) is 24.5 Å². The van der Waals surface area contributed by atoms with Crippen molar-refractivity contribution in [2.24, 2.45) is 0 Å². The zero-order valence-corrected chi connectivity index (χ0v) is 7.33. The van der Waals surface area contributed by atoms with Crippen LogP contribution in [-0.2, 0) is 9.53 Å². The van der Waals surface area contributed by atoms with Crippen molar-refractivity contribution in [2.45, 2.75) is 24.5 Å². The Balaban J connectivity index is 2.44. The molecule has 1 heterocycles. The Morgan fingerprint density at radius 3 is 2.43 bits per heavy atom. The summed E-state index contributed by atoms with van der Waals surface area (Å²) in [7, 11) is 0. The summed E-state index contributed by atoms with van der Waals surface area (Å²) >= 11 is 0. The first-order valence-corrected chi connectivity index (χ1v) is 4.14. The fourth-order valence-corrected chi connectivity index (χ4v) is 1.26. The fourth-order valence-electron chi connectivity index (χ4n) is 1.26. The van der Waals surface area contributed by atoms with Gasteiger partial charge in [0, 0.05) is 0 Å². The molecule has 0 saturated carbocycles. The second-order valence-electron chi connectivity index (χ2n) is 3.03. The number of carboxylic acids is 1. The average Bonchev–Trinajstić information content (AvgIpc) is 2.41. The molecule has 5 N–H and O–H groups in total. The topological polar surface area (TPSA) is 119 Å². The number of hydrogen-bond acceptors (Lipinski definition) is 6. The third kappa shape index (κ3) is 2.40. The van der Waals surface area contributed by atoms with Crippen LogP contribution in [0.15, 0.2) is 0 Å². The minimum atomic E-state index is -1.23. The molecule has 0 amide bonds. The van der Waals surface area contributed by atoms with Crippen molar-refractivity contribution in [3.8, 4) is 0 Å². The predicted molar refractivity (Wildman–Crippen MR) is 43.4 cm³/mol. The van der Waals surface area contributed by atoms with Crippen LogP contribution in [0.3, 0.4) is 0 Å². The van der Waals surface area contributed by atoms with Crippen LogP contribution in [0.25, 0.3) is 0 Å². The maximum atomic E-state index is 10.2. The lowest BCUT2D eigenvalue weighted by Crippen LogP contribution is -2.42. The third-order valence-electron chi connectivity index (χ3n) is 2.00. The number of aliphatic hydroxyl groups is 3. The summed E-state index contributed by atoms with van der Waals surface area (Å²) in [4.78, 5) is 10.2. The van der Waals surface area contributed by atoms with E-state index >= 15 is 0 Å². The lowest BCUT2D eigenvalue weighted by molar-refractivity contribution is -0.137. The molecule has 0 unspecified atom stereocenters. The Hall–Kier alpha value is -0.730. The van der Waals surface area contributed by atoms with Gasteiger partial charge in [0.05, 0.1) is 13.2 Å². The Morgan fingerprint density at radius 2 is 2.00 bits per heavy atom. The zero-order chi connectivity index (χ0) is 10.7. The number of hydrogen-bond donors (Lipinski definition) is 5. The number of carbonyl (C=O) groups is 1. The first-order valence-electron chi connectivity index (χ1n) is 4.14. The average molecular weight is 207 g/mol. The maximum Gasteiger partial charge on any atom is 0.317 e. The number of aliphatic hydroxyl groups excluding tert-OH is 3. The van der Waals surface area contributed by atoms with E-state index in [0.29, 0.717) is 0 Å². The van der Waals surface area contributed by atoms with Gasteiger partial charge in [-0.1, -0.05) is 0 Å². The van der Waals surface area contributed by atoms with Gasteiger partial charge in [-0.3, -0.25) is 10.1 Å². The molecule has 0 spiro atoms. The molecule has 1 saturated heterocycles. The van der Waals surface area contributed by atoms with Gasteiger partial charge < -0.3 is 25.2 Å². The van der Waals surface area contributed by atoms with Gasteiger partial charge in [0.15, 0.2) is 0 Å². The van der Waals surface area contributed by atoms with E-state index < -0.39 is 37.1 Å². The van der Waals surface area contributed by atoms with E-state index in [4.69, 9.17) is 14.9 Å². The lowest BCUT2D eigenvalue weighted by atomic mass is 10.1. The third-order valence-corrected chi connectivity index (χ3v) is 2.00. The summed E-state index contributed by atoms with van der Waals surface area (Å²) in [6.45, 7) is -0.809. The van der Waals surface area contributed by atoms with Crippen molar-refractivity contribution >= 4 is 5.97 Å². The molecule has 1 fully saturated rings. The van der Waals surface area contributed by atoms with Gasteiger partial charge in [-0.2, -0.15) is 0 Å². The predicted octanol–water partition coefficient (Wildman–Crippen LogP) is -2.90. The van der Waals surface area contributed by atoms with Crippen molar-refractivity contribution in [1.29, 1.82) is 0 Å². The standard InChI is InChI=1S/C7H13NO6/c9-2-3-5(12)6(13)7(14-3)8-1-4(10)11/h3,5-9,12-13H,1-2H2,(H,10,11)/t3-,5-,6-,7-/m1/s1. The molecule has 0 aromatic rings. The van der Waals surface area contributed by atoms with Crippen molar-refractivity contribution in [3.05, 3.63) is 0 Å². The van der Waals surface area contributed by atoms with E-state index in [0.717, 1.165) is 0 Å². The molecule has 0 aliphatic carbocycles. The van der Waals surface area contributed by atoms with Crippen LogP contribution in [-0.4, -0.2) is 64.1 Å². The summed E-state index contributed by atoms with van der Waals surface area (Å²) < 4.78 is 4.96. The number of carboxylic acid groups (broad SMARTS) is 1. The molecular formula is C7H13NO6. The highest BCUT2D eigenvalue weighted by atomic mass is 16.6. The molecule has 7 heteroatoms. The van der Waals surface area contributed by atoms with Crippen LogP contribution >= 0.6 is 0 Å². The molecule has 82 valence electrons. The van der Waals surface area contributed by atoms with Crippen molar-refractivity contribution in [2.75, 3.05) is 13.2 Å². The molecule has 1 aliphatic rings. The molecule has 0 bridgehead atoms. The summed E-state index contributed by atoms with van der Waals surface area (Å²) in [5, 5.41) is 38.0. The van der Waals surface area contributed by atoms with E-state index in [1.165, 1.54) is 0 Å². The molecule has 7 nitrogen and oxygen atoms in total. The van der Waals surface area contributed by atoms with Crippen LogP contribution in [0.5, 0.6) is 0 Å². The van der Waals surface area contributed by atoms with E-state index in [-0.39, 0.29) is 6.54 Å². The Kier molecular flexibility index (Phi) is 3.78. The number of rotatable bonds is 4. The summed E-state index contributed by atoms with van der Waals surface area (Å²) in [5.74, 6) is -1.09. The van der Waals surface area contributed by atoms with Gasteiger partial charge in [0.25, 0.3) is 0 Å². The van der Waals surface area contributed by atoms with E-state index in [9.17, 15) is 15.0 Å². The number of nitrogens with one attached hydrogen (secondary N) is 1. The summed E-state index contributed by atoms with van der Waals surface area (Å²) in [6, 6.07) is 0. The van der Waals surface area contributed by atoms with E-state index in [1.54, 1.807) is 0 Å². The first kappa shape index (κ1) is 11.3. The van der Waals surface area contributed by atoms with Gasteiger partial charge in [-0.25, -0.2) is 0 Å². The number of aliphatic carboxylic acids is 1. The largest absolute Gasteiger partial charge is 0.480 e. The quantitative estimate of drug-likeness (QED) is 0.335. The molecule has 0 aromatic carbocycles. The van der Waals surface area contributed by atoms with Crippen molar-refractivity contribution < 1.29 is 30.0 Å². The van der Waals surface area contributed by atoms with Crippen LogP contribution < -0.4 is 5.32 Å². The summed E-state index contributed by atoms with van der Waals surface area (Å²) in [6.07, 6.45) is -4.27. The molecule has 1 aliphatic heterocycles. The highest BCUT2D eigenvalue weighted by Crippen LogP contribution is 2.18. The highest BCUT2D eigenvalue weighted by molar-refractivity contribution is 5.69. The van der Waals surface area contributed by atoms with Crippen LogP contribution in [0.2, 0.25) is 0 Å². The van der Waals surface area contributed by atoms with Crippen LogP contribution in [0.1, 0.15) is 0 Å². The number of ether oxygens (including phenoxy) is 1. The first-order chi connectivity index (χ1) is 6.56. The second kappa shape index (κ2) is 4.67. The Bertz CT molecular complexity index is 210. The van der Waals surface area contributed by atoms with Crippen molar-refractivity contribution in [3.63, 3.8) is 0 Å². The van der Waals surface area contributed by atoms with E-state index in [1.807, 2.05) is 0 Å². The van der Waals surface area contributed by atoms with Crippen molar-refractivity contribution in [1.82, 2.24) is 5.32 Å². The molecule has 14 heavy (non-hydrogen) atoms. The van der Waals surface area contributed by atoms with Gasteiger partial charge in [-0.15, -0.1) is 0 Å². The lowest BCUT2D eigenvalue weighted by Gasteiger charge is -2.14. The highest BCUT2D eigenvalue weighted by Gasteiger charge is 2.42. The fraction of sp³-hybridized carbons (Fsp3) is 0.857. The molecular weight excluding hydrogens is 194 g/mol. The smallest absolute Gasteiger partial charge is 0.317 e. The van der Waals surface area contributed by atoms with Gasteiger partial charge in [0.2, 0.25) is 0 Å². The second-order valence-corrected chi connectivity index (χ2v) is 3.03. The minimum absolute atomic E-state index is 0.382. The normalized spacial score (nSPS) is 37.4. The molecule has 4 atom stereocenters. The van der Waals surface area contributed by atoms with E-state index in [2.05, 4.69) is 5.32 Å². The maximum absolute atomic E-state index is 10.2.